The molecule has 3 N–H and O–H groups in total. The van der Waals surface area contributed by atoms with Crippen molar-refractivity contribution in [2.24, 2.45) is 0 Å². The van der Waals surface area contributed by atoms with E-state index in [0.717, 1.165) is 38.5 Å². The summed E-state index contributed by atoms with van der Waals surface area (Å²) in [5.41, 5.74) is 0.570. The first-order chi connectivity index (χ1) is 12.7. The summed E-state index contributed by atoms with van der Waals surface area (Å²) in [6.07, 6.45) is 1.60. The molecule has 1 saturated heterocycles. The average molecular weight is 377 g/mol. The molecule has 1 amide bonds. The lowest BCUT2D eigenvalue weighted by Gasteiger charge is -2.29. The Morgan fingerprint density at radius 1 is 1.08 bits per heavy atom. The number of benzene rings is 1. The molecule has 0 bridgehead atoms. The van der Waals surface area contributed by atoms with Crippen molar-refractivity contribution in [1.82, 2.24) is 4.98 Å². The molecule has 1 fully saturated rings. The maximum atomic E-state index is 12.2. The summed E-state index contributed by atoms with van der Waals surface area (Å²) < 4.78 is 5.77. The number of carbonyl (C=O) groups excluding carboxylic acids is 1. The number of para-hydroxylation sites is 1. The van der Waals surface area contributed by atoms with Crippen molar-refractivity contribution in [3.63, 3.8) is 0 Å². The minimum Gasteiger partial charge on any atom is -0.488 e. The van der Waals surface area contributed by atoms with Gasteiger partial charge in [0.05, 0.1) is 5.69 Å². The Morgan fingerprint density at radius 2 is 1.81 bits per heavy atom. The number of nitrogens with zero attached hydrogens (tertiary/aromatic N) is 1. The summed E-state index contributed by atoms with van der Waals surface area (Å²) in [5.74, 6) is 0.896. The van der Waals surface area contributed by atoms with E-state index in [4.69, 9.17) is 16.3 Å². The second kappa shape index (κ2) is 9.52. The minimum absolute atomic E-state index is 0.0224. The van der Waals surface area contributed by atoms with Crippen LogP contribution in [0.1, 0.15) is 0 Å². The van der Waals surface area contributed by atoms with E-state index in [1.165, 1.54) is 9.80 Å². The van der Waals surface area contributed by atoms with Crippen molar-refractivity contribution in [2.45, 2.75) is 0 Å². The van der Waals surface area contributed by atoms with Crippen molar-refractivity contribution in [2.75, 3.05) is 51.2 Å². The molecule has 1 aromatic heterocycles. The molecule has 0 unspecified atom stereocenters. The molecule has 0 atom stereocenters. The van der Waals surface area contributed by atoms with Gasteiger partial charge in [-0.2, -0.15) is 0 Å². The summed E-state index contributed by atoms with van der Waals surface area (Å²) in [6.45, 7) is 6.22. The number of anilines is 1. The van der Waals surface area contributed by atoms with Gasteiger partial charge >= 0.3 is 0 Å². The molecule has 26 heavy (non-hydrogen) atoms. The average Bonchev–Trinajstić information content (AvgIpc) is 2.66. The zero-order valence-electron chi connectivity index (χ0n) is 14.7. The third-order valence-electron chi connectivity index (χ3n) is 4.58. The quantitative estimate of drug-likeness (QED) is 0.573. The van der Waals surface area contributed by atoms with E-state index in [1.54, 1.807) is 18.3 Å². The van der Waals surface area contributed by atoms with Gasteiger partial charge in [-0.25, -0.2) is 4.98 Å². The number of ether oxygens (including phenoxy) is 1. The lowest BCUT2D eigenvalue weighted by molar-refractivity contribution is -1.01. The van der Waals surface area contributed by atoms with Crippen LogP contribution in [0.15, 0.2) is 48.7 Å². The van der Waals surface area contributed by atoms with Crippen molar-refractivity contribution >= 4 is 23.2 Å². The Labute approximate surface area is 158 Å². The molecule has 1 aliphatic rings. The number of carbonyl (C=O) groups is 1. The maximum Gasteiger partial charge on any atom is 0.279 e. The van der Waals surface area contributed by atoms with E-state index in [9.17, 15) is 4.79 Å². The van der Waals surface area contributed by atoms with Gasteiger partial charge in [0.15, 0.2) is 11.7 Å². The van der Waals surface area contributed by atoms with E-state index < -0.39 is 0 Å². The van der Waals surface area contributed by atoms with E-state index in [-0.39, 0.29) is 5.91 Å². The molecule has 1 aliphatic heterocycles. The van der Waals surface area contributed by atoms with Gasteiger partial charge < -0.3 is 19.9 Å². The van der Waals surface area contributed by atoms with Crippen LogP contribution in [0.2, 0.25) is 5.15 Å². The second-order valence-electron chi connectivity index (χ2n) is 6.48. The Bertz CT molecular complexity index is 706. The third-order valence-corrected chi connectivity index (χ3v) is 4.88. The van der Waals surface area contributed by atoms with Gasteiger partial charge in [0.1, 0.15) is 45.1 Å². The van der Waals surface area contributed by atoms with Crippen LogP contribution in [0.25, 0.3) is 0 Å². The molecular weight excluding hydrogens is 352 g/mol. The Balaban J connectivity index is 1.34. The zero-order chi connectivity index (χ0) is 18.2. The molecule has 6 nitrogen and oxygen atoms in total. The number of amides is 1. The first-order valence-corrected chi connectivity index (χ1v) is 9.34. The highest BCUT2D eigenvalue weighted by atomic mass is 35.5. The molecule has 1 aromatic carbocycles. The molecule has 0 saturated carbocycles. The molecule has 0 aliphatic carbocycles. The molecule has 2 heterocycles. The standard InChI is InChI=1S/C19H23ClN4O2/c20-19-17(7-4-8-21-19)22-18(25)15-24-11-9-23(10-12-24)13-14-26-16-5-2-1-3-6-16/h1-8H,9-15H2,(H,22,25)/p+2. The summed E-state index contributed by atoms with van der Waals surface area (Å²) in [5, 5.41) is 3.16. The number of pyridine rings is 1. The van der Waals surface area contributed by atoms with Crippen LogP contribution < -0.4 is 19.9 Å². The minimum atomic E-state index is -0.0224. The van der Waals surface area contributed by atoms with Crippen molar-refractivity contribution in [3.8, 4) is 5.75 Å². The number of rotatable bonds is 7. The van der Waals surface area contributed by atoms with Crippen LogP contribution in [-0.4, -0.2) is 56.8 Å². The monoisotopic (exact) mass is 376 g/mol. The highest BCUT2D eigenvalue weighted by Gasteiger charge is 2.24. The van der Waals surface area contributed by atoms with Gasteiger partial charge in [-0.15, -0.1) is 0 Å². The van der Waals surface area contributed by atoms with Crippen molar-refractivity contribution < 1.29 is 19.3 Å². The molecule has 7 heteroatoms. The van der Waals surface area contributed by atoms with E-state index >= 15 is 0 Å². The SMILES string of the molecule is O=C(C[NH+]1CC[NH+](CCOc2ccccc2)CC1)Nc1cccnc1Cl. The predicted octanol–water partition coefficient (Wildman–Crippen LogP) is -0.464. The fraction of sp³-hybridized carbons (Fsp3) is 0.368. The summed E-state index contributed by atoms with van der Waals surface area (Å²) in [4.78, 5) is 19.0. The van der Waals surface area contributed by atoms with E-state index in [0.29, 0.717) is 24.0 Å². The number of aromatic nitrogens is 1. The lowest BCUT2D eigenvalue weighted by Crippen LogP contribution is -3.28. The second-order valence-corrected chi connectivity index (χ2v) is 6.84. The van der Waals surface area contributed by atoms with Gasteiger partial charge in [0.2, 0.25) is 0 Å². The lowest BCUT2D eigenvalue weighted by atomic mass is 10.3. The van der Waals surface area contributed by atoms with Crippen LogP contribution >= 0.6 is 11.6 Å². The first kappa shape index (κ1) is 18.6. The maximum absolute atomic E-state index is 12.2. The van der Waals surface area contributed by atoms with Crippen molar-refractivity contribution in [3.05, 3.63) is 53.8 Å². The Hall–Kier alpha value is -2.15. The van der Waals surface area contributed by atoms with Gasteiger partial charge in [0, 0.05) is 6.20 Å². The van der Waals surface area contributed by atoms with Crippen LogP contribution in [0.5, 0.6) is 5.75 Å². The van der Waals surface area contributed by atoms with Crippen LogP contribution in [0.3, 0.4) is 0 Å². The molecule has 0 spiro atoms. The number of quaternary nitrogens is 2. The van der Waals surface area contributed by atoms with Crippen LogP contribution in [0.4, 0.5) is 5.69 Å². The van der Waals surface area contributed by atoms with Gasteiger partial charge in [-0.05, 0) is 24.3 Å². The van der Waals surface area contributed by atoms with Crippen LogP contribution in [0, 0.1) is 0 Å². The Kier molecular flexibility index (Phi) is 6.82. The fourth-order valence-electron chi connectivity index (χ4n) is 3.11. The molecular formula is C19H25ClN4O2+2. The first-order valence-electron chi connectivity index (χ1n) is 8.96. The predicted molar refractivity (Wildman–Crippen MR) is 101 cm³/mol. The van der Waals surface area contributed by atoms with E-state index in [2.05, 4.69) is 10.3 Å². The topological polar surface area (TPSA) is 60.1 Å². The Morgan fingerprint density at radius 3 is 2.54 bits per heavy atom. The summed E-state index contributed by atoms with van der Waals surface area (Å²) in [7, 11) is 0. The van der Waals surface area contributed by atoms with Gasteiger partial charge in [-0.1, -0.05) is 29.8 Å². The summed E-state index contributed by atoms with van der Waals surface area (Å²) >= 11 is 5.98. The fourth-order valence-corrected chi connectivity index (χ4v) is 3.28. The zero-order valence-corrected chi connectivity index (χ0v) is 15.5. The number of piperazine rings is 1. The van der Waals surface area contributed by atoms with Gasteiger partial charge in [-0.3, -0.25) is 4.79 Å². The summed E-state index contributed by atoms with van der Waals surface area (Å²) in [6, 6.07) is 13.4. The highest BCUT2D eigenvalue weighted by molar-refractivity contribution is 6.32. The number of halogens is 1. The molecule has 3 rings (SSSR count). The smallest absolute Gasteiger partial charge is 0.279 e. The largest absolute Gasteiger partial charge is 0.488 e. The number of hydrogen-bond acceptors (Lipinski definition) is 3. The highest BCUT2D eigenvalue weighted by Crippen LogP contribution is 2.16. The molecule has 0 radical (unpaired) electrons. The van der Waals surface area contributed by atoms with Crippen molar-refractivity contribution in [1.29, 1.82) is 0 Å². The van der Waals surface area contributed by atoms with E-state index in [1.807, 2.05) is 30.3 Å². The number of nitrogens with one attached hydrogen (secondary N) is 3. The molecule has 2 aromatic rings. The third kappa shape index (κ3) is 5.69. The van der Waals surface area contributed by atoms with Crippen LogP contribution in [-0.2, 0) is 4.79 Å². The number of hydrogen-bond donors (Lipinski definition) is 3. The normalized spacial score (nSPS) is 19.7. The van der Waals surface area contributed by atoms with Gasteiger partial charge in [0.25, 0.3) is 5.91 Å². The molecule has 138 valence electrons.